The summed E-state index contributed by atoms with van der Waals surface area (Å²) in [5.74, 6) is -0.462. The Balaban J connectivity index is 1.69. The predicted molar refractivity (Wildman–Crippen MR) is 141 cm³/mol. The van der Waals surface area contributed by atoms with Crippen LogP contribution in [-0.4, -0.2) is 22.1 Å². The number of non-ortho nitro benzene ring substituents is 1. The first-order valence-corrected chi connectivity index (χ1v) is 11.7. The van der Waals surface area contributed by atoms with Crippen LogP contribution in [0.2, 0.25) is 0 Å². The minimum absolute atomic E-state index is 0.0283. The van der Waals surface area contributed by atoms with E-state index in [1.54, 1.807) is 13.0 Å². The molecule has 6 nitrogen and oxygen atoms in total. The van der Waals surface area contributed by atoms with Crippen LogP contribution >= 0.6 is 0 Å². The lowest BCUT2D eigenvalue weighted by molar-refractivity contribution is -0.384. The third-order valence-corrected chi connectivity index (χ3v) is 6.19. The minimum Gasteiger partial charge on any atom is -0.461 e. The van der Waals surface area contributed by atoms with Gasteiger partial charge in [0.2, 0.25) is 0 Å². The lowest BCUT2D eigenvalue weighted by Crippen LogP contribution is -2.14. The van der Waals surface area contributed by atoms with Crippen LogP contribution in [0, 0.1) is 10.1 Å². The van der Waals surface area contributed by atoms with Gasteiger partial charge in [-0.25, -0.2) is 4.79 Å². The van der Waals surface area contributed by atoms with Crippen molar-refractivity contribution in [3.8, 4) is 22.3 Å². The van der Waals surface area contributed by atoms with Gasteiger partial charge < -0.3 is 9.30 Å². The van der Waals surface area contributed by atoms with Gasteiger partial charge in [-0.05, 0) is 35.2 Å². The van der Waals surface area contributed by atoms with Crippen molar-refractivity contribution in [3.05, 3.63) is 124 Å². The average molecular weight is 477 g/mol. The van der Waals surface area contributed by atoms with E-state index in [-0.39, 0.29) is 12.3 Å². The second-order valence-corrected chi connectivity index (χ2v) is 8.42. The first-order chi connectivity index (χ1) is 17.6. The molecule has 0 aliphatic rings. The molecule has 0 fully saturated rings. The van der Waals surface area contributed by atoms with Crippen molar-refractivity contribution in [1.29, 1.82) is 0 Å². The number of hydrogen-bond acceptors (Lipinski definition) is 4. The summed E-state index contributed by atoms with van der Waals surface area (Å²) in [4.78, 5) is 24.4. The minimum atomic E-state index is -0.462. The highest BCUT2D eigenvalue weighted by atomic mass is 16.6. The van der Waals surface area contributed by atoms with Gasteiger partial charge in [0, 0.05) is 29.6 Å². The fourth-order valence-electron chi connectivity index (χ4n) is 4.54. The number of hydrogen-bond donors (Lipinski definition) is 0. The topological polar surface area (TPSA) is 74.4 Å². The summed E-state index contributed by atoms with van der Waals surface area (Å²) >= 11 is 0. The molecule has 5 aromatic rings. The molecule has 0 spiro atoms. The molecule has 0 saturated carbocycles. The van der Waals surface area contributed by atoms with Gasteiger partial charge >= 0.3 is 5.97 Å². The lowest BCUT2D eigenvalue weighted by atomic mass is 10.0. The van der Waals surface area contributed by atoms with Gasteiger partial charge in [-0.2, -0.15) is 0 Å². The van der Waals surface area contributed by atoms with Crippen molar-refractivity contribution in [2.45, 2.75) is 13.5 Å². The maximum absolute atomic E-state index is 13.3. The first-order valence-electron chi connectivity index (χ1n) is 11.7. The highest BCUT2D eigenvalue weighted by Gasteiger charge is 2.26. The number of aromatic nitrogens is 1. The van der Waals surface area contributed by atoms with Crippen LogP contribution in [0.5, 0.6) is 0 Å². The Hall–Kier alpha value is -4.71. The molecule has 0 saturated heterocycles. The Kier molecular flexibility index (Phi) is 6.33. The van der Waals surface area contributed by atoms with E-state index < -0.39 is 10.9 Å². The molecule has 178 valence electrons. The smallest absolute Gasteiger partial charge is 0.355 e. The van der Waals surface area contributed by atoms with E-state index in [1.165, 1.54) is 12.1 Å². The second kappa shape index (κ2) is 9.88. The zero-order valence-corrected chi connectivity index (χ0v) is 19.8. The van der Waals surface area contributed by atoms with E-state index in [1.807, 2.05) is 65.2 Å². The first kappa shape index (κ1) is 23.1. The molecule has 36 heavy (non-hydrogen) atoms. The molecule has 0 N–H and O–H groups in total. The van der Waals surface area contributed by atoms with Crippen LogP contribution in [0.15, 0.2) is 103 Å². The number of nitrogens with zero attached hydrogens (tertiary/aromatic N) is 2. The van der Waals surface area contributed by atoms with Crippen LogP contribution in [-0.2, 0) is 11.3 Å². The van der Waals surface area contributed by atoms with E-state index in [0.717, 1.165) is 27.8 Å². The highest BCUT2D eigenvalue weighted by molar-refractivity contribution is 6.09. The van der Waals surface area contributed by atoms with Crippen molar-refractivity contribution >= 4 is 22.6 Å². The average Bonchev–Trinajstić information content (AvgIpc) is 3.23. The molecular formula is C30H24N2O4. The van der Waals surface area contributed by atoms with Crippen LogP contribution in [0.3, 0.4) is 0 Å². The zero-order valence-electron chi connectivity index (χ0n) is 19.8. The van der Waals surface area contributed by atoms with Crippen molar-refractivity contribution in [1.82, 2.24) is 4.57 Å². The van der Waals surface area contributed by atoms with Gasteiger partial charge in [0.25, 0.3) is 5.69 Å². The molecule has 0 radical (unpaired) electrons. The van der Waals surface area contributed by atoms with Crippen LogP contribution < -0.4 is 0 Å². The fourth-order valence-corrected chi connectivity index (χ4v) is 4.54. The Bertz CT molecular complexity index is 1540. The third kappa shape index (κ3) is 4.36. The molecule has 0 aliphatic heterocycles. The molecule has 6 heteroatoms. The van der Waals surface area contributed by atoms with E-state index in [4.69, 9.17) is 4.74 Å². The van der Waals surface area contributed by atoms with Gasteiger partial charge in [0.05, 0.1) is 17.0 Å². The monoisotopic (exact) mass is 476 g/mol. The molecule has 0 aliphatic carbocycles. The molecule has 0 bridgehead atoms. The molecule has 0 unspecified atom stereocenters. The SMILES string of the molecule is CCOC(=O)c1c(-c2ccccc2)c2cc([N+](=O)[O-])ccc2n1Cc1ccc(-c2ccccc2)cc1. The molecule has 0 atom stereocenters. The Morgan fingerprint density at radius 2 is 1.44 bits per heavy atom. The van der Waals surface area contributed by atoms with Crippen molar-refractivity contribution in [2.75, 3.05) is 6.61 Å². The standard InChI is InChI=1S/C30H24N2O4/c1-2-36-30(33)29-28(24-11-7-4-8-12-24)26-19-25(32(34)35)17-18-27(26)31(29)20-21-13-15-23(16-14-21)22-9-5-3-6-10-22/h3-19H,2,20H2,1H3. The van der Waals surface area contributed by atoms with Crippen LogP contribution in [0.4, 0.5) is 5.69 Å². The highest BCUT2D eigenvalue weighted by Crippen LogP contribution is 2.38. The predicted octanol–water partition coefficient (Wildman–Crippen LogP) is 7.11. The summed E-state index contributed by atoms with van der Waals surface area (Å²) in [7, 11) is 0. The Labute approximate surface area is 208 Å². The fraction of sp³-hybridized carbons (Fsp3) is 0.100. The van der Waals surface area contributed by atoms with Crippen molar-refractivity contribution in [2.24, 2.45) is 0 Å². The summed E-state index contributed by atoms with van der Waals surface area (Å²) in [6.07, 6.45) is 0. The molecular weight excluding hydrogens is 452 g/mol. The van der Waals surface area contributed by atoms with E-state index in [0.29, 0.717) is 23.2 Å². The molecule has 1 heterocycles. The van der Waals surface area contributed by atoms with Gasteiger partial charge in [-0.3, -0.25) is 10.1 Å². The number of rotatable bonds is 7. The van der Waals surface area contributed by atoms with Crippen molar-refractivity contribution in [3.63, 3.8) is 0 Å². The molecule has 5 rings (SSSR count). The number of esters is 1. The summed E-state index contributed by atoms with van der Waals surface area (Å²) in [5, 5.41) is 12.2. The van der Waals surface area contributed by atoms with Crippen molar-refractivity contribution < 1.29 is 14.5 Å². The molecule has 4 aromatic carbocycles. The number of nitro benzene ring substituents is 1. The number of fused-ring (bicyclic) bond motifs is 1. The maximum Gasteiger partial charge on any atom is 0.355 e. The third-order valence-electron chi connectivity index (χ3n) is 6.19. The molecule has 0 amide bonds. The summed E-state index contributed by atoms with van der Waals surface area (Å²) in [6.45, 7) is 2.39. The number of benzene rings is 4. The number of nitro groups is 1. The Morgan fingerprint density at radius 3 is 2.06 bits per heavy atom. The quantitative estimate of drug-likeness (QED) is 0.143. The summed E-state index contributed by atoms with van der Waals surface area (Å²) in [5.41, 5.74) is 5.73. The van der Waals surface area contributed by atoms with E-state index >= 15 is 0 Å². The lowest BCUT2D eigenvalue weighted by Gasteiger charge is -2.12. The maximum atomic E-state index is 13.3. The van der Waals surface area contributed by atoms with E-state index in [9.17, 15) is 14.9 Å². The van der Waals surface area contributed by atoms with E-state index in [2.05, 4.69) is 24.3 Å². The number of carbonyl (C=O) groups excluding carboxylic acids is 1. The number of carbonyl (C=O) groups is 1. The largest absolute Gasteiger partial charge is 0.461 e. The summed E-state index contributed by atoms with van der Waals surface area (Å²) in [6, 6.07) is 32.5. The molecule has 1 aromatic heterocycles. The number of ether oxygens (including phenoxy) is 1. The Morgan fingerprint density at radius 1 is 0.833 bits per heavy atom. The van der Waals surface area contributed by atoms with Gasteiger partial charge in [0.15, 0.2) is 0 Å². The van der Waals surface area contributed by atoms with Gasteiger partial charge in [-0.1, -0.05) is 84.9 Å². The van der Waals surface area contributed by atoms with Gasteiger partial charge in [-0.15, -0.1) is 0 Å². The zero-order chi connectivity index (χ0) is 25.1. The van der Waals surface area contributed by atoms with Gasteiger partial charge in [0.1, 0.15) is 5.69 Å². The van der Waals surface area contributed by atoms with Crippen LogP contribution in [0.1, 0.15) is 23.0 Å². The second-order valence-electron chi connectivity index (χ2n) is 8.42. The normalized spacial score (nSPS) is 10.9. The van der Waals surface area contributed by atoms with Crippen LogP contribution in [0.25, 0.3) is 33.2 Å². The summed E-state index contributed by atoms with van der Waals surface area (Å²) < 4.78 is 7.36.